The quantitative estimate of drug-likeness (QED) is 0.824. The Bertz CT molecular complexity index is 655. The molecular formula is C17H17BrO4. The molecule has 0 saturated carbocycles. The molecule has 0 amide bonds. The van der Waals surface area contributed by atoms with E-state index < -0.39 is 12.1 Å². The van der Waals surface area contributed by atoms with Crippen molar-refractivity contribution in [2.24, 2.45) is 0 Å². The summed E-state index contributed by atoms with van der Waals surface area (Å²) in [6.07, 6.45) is -1.35. The number of rotatable bonds is 5. The molecule has 1 N–H and O–H groups in total. The Kier molecular flexibility index (Phi) is 5.57. The molecule has 4 nitrogen and oxygen atoms in total. The van der Waals surface area contributed by atoms with Crippen molar-refractivity contribution in [3.63, 3.8) is 0 Å². The maximum Gasteiger partial charge on any atom is 0.339 e. The maximum absolute atomic E-state index is 11.6. The van der Waals surface area contributed by atoms with Crippen LogP contribution in [0.2, 0.25) is 0 Å². The van der Waals surface area contributed by atoms with Gasteiger partial charge in [0.05, 0.1) is 11.6 Å². The first kappa shape index (κ1) is 16.5. The van der Waals surface area contributed by atoms with Gasteiger partial charge in [0, 0.05) is 5.56 Å². The van der Waals surface area contributed by atoms with E-state index >= 15 is 0 Å². The first-order valence-corrected chi connectivity index (χ1v) is 7.55. The molecule has 0 radical (unpaired) electrons. The van der Waals surface area contributed by atoms with Gasteiger partial charge in [0.25, 0.3) is 0 Å². The number of methoxy groups -OCH3 is 1. The number of aliphatic hydroxyl groups excluding tert-OH is 1. The van der Waals surface area contributed by atoms with E-state index in [1.807, 2.05) is 37.3 Å². The van der Waals surface area contributed by atoms with Gasteiger partial charge in [-0.25, -0.2) is 4.79 Å². The van der Waals surface area contributed by atoms with E-state index in [-0.39, 0.29) is 0 Å². The number of hydrogen-bond donors (Lipinski definition) is 1. The van der Waals surface area contributed by atoms with Crippen LogP contribution in [0.15, 0.2) is 46.9 Å². The summed E-state index contributed by atoms with van der Waals surface area (Å²) in [6, 6.07) is 13.3. The highest BCUT2D eigenvalue weighted by atomic mass is 79.9. The Balaban J connectivity index is 2.25. The topological polar surface area (TPSA) is 55.8 Å². The molecule has 2 aromatic carbocycles. The first-order valence-electron chi connectivity index (χ1n) is 6.76. The van der Waals surface area contributed by atoms with Crippen LogP contribution in [0.3, 0.4) is 0 Å². The fourth-order valence-electron chi connectivity index (χ4n) is 2.08. The first-order chi connectivity index (χ1) is 10.5. The molecule has 2 aromatic rings. The van der Waals surface area contributed by atoms with Gasteiger partial charge in [0.2, 0.25) is 0 Å². The van der Waals surface area contributed by atoms with Gasteiger partial charge >= 0.3 is 5.97 Å². The summed E-state index contributed by atoms with van der Waals surface area (Å²) in [7, 11) is 1.24. The lowest BCUT2D eigenvalue weighted by Crippen LogP contribution is -2.15. The summed E-state index contributed by atoms with van der Waals surface area (Å²) >= 11 is 3.41. The zero-order valence-electron chi connectivity index (χ0n) is 12.4. The fraction of sp³-hybridized carbons (Fsp3) is 0.235. The van der Waals surface area contributed by atoms with Gasteiger partial charge in [-0.2, -0.15) is 0 Å². The van der Waals surface area contributed by atoms with Gasteiger partial charge in [0.1, 0.15) is 12.4 Å². The molecule has 0 aliphatic rings. The molecule has 0 bridgehead atoms. The number of ether oxygens (including phenoxy) is 2. The number of aliphatic hydroxyl groups is 1. The number of carbonyl (C=O) groups is 1. The SMILES string of the molecule is COC(=O)[C@@H](O)c1c(C)ccc(OCc2ccccc2)c1Br. The molecule has 0 aliphatic heterocycles. The minimum absolute atomic E-state index is 0.399. The molecule has 0 fully saturated rings. The lowest BCUT2D eigenvalue weighted by atomic mass is 10.0. The van der Waals surface area contributed by atoms with E-state index in [4.69, 9.17) is 4.74 Å². The van der Waals surface area contributed by atoms with Gasteiger partial charge in [0.15, 0.2) is 6.10 Å². The van der Waals surface area contributed by atoms with Crippen LogP contribution in [0, 0.1) is 6.92 Å². The molecule has 1 atom stereocenters. The summed E-state index contributed by atoms with van der Waals surface area (Å²) in [6.45, 7) is 2.21. The fourth-order valence-corrected chi connectivity index (χ4v) is 2.86. The van der Waals surface area contributed by atoms with Crippen LogP contribution in [0.25, 0.3) is 0 Å². The molecule has 116 valence electrons. The second kappa shape index (κ2) is 7.42. The Morgan fingerprint density at radius 3 is 2.55 bits per heavy atom. The summed E-state index contributed by atoms with van der Waals surface area (Å²) in [5.41, 5.74) is 2.26. The molecule has 2 rings (SSSR count). The molecule has 0 aromatic heterocycles. The molecule has 0 saturated heterocycles. The van der Waals surface area contributed by atoms with Crippen molar-refractivity contribution < 1.29 is 19.4 Å². The number of benzene rings is 2. The molecular weight excluding hydrogens is 348 g/mol. The number of halogens is 1. The highest BCUT2D eigenvalue weighted by Gasteiger charge is 2.24. The molecule has 0 aliphatic carbocycles. The van der Waals surface area contributed by atoms with Crippen molar-refractivity contribution in [3.05, 3.63) is 63.6 Å². The summed E-state index contributed by atoms with van der Waals surface area (Å²) < 4.78 is 10.9. The Morgan fingerprint density at radius 1 is 1.23 bits per heavy atom. The van der Waals surface area contributed by atoms with Crippen LogP contribution >= 0.6 is 15.9 Å². The normalized spacial score (nSPS) is 11.8. The van der Waals surface area contributed by atoms with Crippen molar-refractivity contribution >= 4 is 21.9 Å². The molecule has 22 heavy (non-hydrogen) atoms. The lowest BCUT2D eigenvalue weighted by molar-refractivity contribution is -0.150. The highest BCUT2D eigenvalue weighted by molar-refractivity contribution is 9.10. The Morgan fingerprint density at radius 2 is 1.91 bits per heavy atom. The van der Waals surface area contributed by atoms with Crippen molar-refractivity contribution in [1.29, 1.82) is 0 Å². The second-order valence-corrected chi connectivity index (χ2v) is 5.60. The van der Waals surface area contributed by atoms with Crippen molar-refractivity contribution in [2.45, 2.75) is 19.6 Å². The van der Waals surface area contributed by atoms with Gasteiger partial charge < -0.3 is 14.6 Å². The second-order valence-electron chi connectivity index (χ2n) is 4.81. The van der Waals surface area contributed by atoms with Gasteiger partial charge in [-0.3, -0.25) is 0 Å². The van der Waals surface area contributed by atoms with E-state index in [0.717, 1.165) is 11.1 Å². The van der Waals surface area contributed by atoms with Crippen molar-refractivity contribution in [1.82, 2.24) is 0 Å². The van der Waals surface area contributed by atoms with Gasteiger partial charge in [-0.1, -0.05) is 36.4 Å². The predicted molar refractivity (Wildman–Crippen MR) is 86.6 cm³/mol. The van der Waals surface area contributed by atoms with Crippen molar-refractivity contribution in [3.8, 4) is 5.75 Å². The summed E-state index contributed by atoms with van der Waals surface area (Å²) in [5.74, 6) is -0.142. The molecule has 0 unspecified atom stereocenters. The molecule has 0 spiro atoms. The van der Waals surface area contributed by atoms with Gasteiger partial charge in [-0.05, 0) is 40.0 Å². The third kappa shape index (κ3) is 3.67. The van der Waals surface area contributed by atoms with Crippen LogP contribution in [-0.2, 0) is 16.1 Å². The largest absolute Gasteiger partial charge is 0.488 e. The monoisotopic (exact) mass is 364 g/mol. The average Bonchev–Trinajstić information content (AvgIpc) is 2.54. The van der Waals surface area contributed by atoms with Crippen molar-refractivity contribution in [2.75, 3.05) is 7.11 Å². The maximum atomic E-state index is 11.6. The van der Waals surface area contributed by atoms with Crippen LogP contribution in [-0.4, -0.2) is 18.2 Å². The van der Waals surface area contributed by atoms with E-state index in [2.05, 4.69) is 20.7 Å². The number of aryl methyl sites for hydroxylation is 1. The zero-order valence-corrected chi connectivity index (χ0v) is 14.0. The third-order valence-electron chi connectivity index (χ3n) is 3.30. The minimum atomic E-state index is -1.35. The van der Waals surface area contributed by atoms with E-state index in [0.29, 0.717) is 22.4 Å². The van der Waals surface area contributed by atoms with Gasteiger partial charge in [-0.15, -0.1) is 0 Å². The average molecular weight is 365 g/mol. The number of carbonyl (C=O) groups excluding carboxylic acids is 1. The number of esters is 1. The summed E-state index contributed by atoms with van der Waals surface area (Å²) in [4.78, 5) is 11.6. The van der Waals surface area contributed by atoms with Crippen LogP contribution < -0.4 is 4.74 Å². The predicted octanol–water partition coefficient (Wildman–Crippen LogP) is 3.54. The van der Waals surface area contributed by atoms with E-state index in [1.165, 1.54) is 7.11 Å². The third-order valence-corrected chi connectivity index (χ3v) is 4.12. The minimum Gasteiger partial charge on any atom is -0.488 e. The lowest BCUT2D eigenvalue weighted by Gasteiger charge is -2.17. The number of hydrogen-bond acceptors (Lipinski definition) is 4. The Labute approximate surface area is 137 Å². The van der Waals surface area contributed by atoms with E-state index in [9.17, 15) is 9.90 Å². The smallest absolute Gasteiger partial charge is 0.339 e. The van der Waals surface area contributed by atoms with E-state index in [1.54, 1.807) is 12.1 Å². The molecule has 0 heterocycles. The Hall–Kier alpha value is -1.85. The molecule has 5 heteroatoms. The summed E-state index contributed by atoms with van der Waals surface area (Å²) in [5, 5.41) is 10.1. The van der Waals surface area contributed by atoms with Crippen LogP contribution in [0.4, 0.5) is 0 Å². The van der Waals surface area contributed by atoms with Crippen LogP contribution in [0.1, 0.15) is 22.8 Å². The highest BCUT2D eigenvalue weighted by Crippen LogP contribution is 2.35. The zero-order chi connectivity index (χ0) is 16.1. The standard InChI is InChI=1S/C17H17BrO4/c1-11-8-9-13(22-10-12-6-4-3-5-7-12)15(18)14(11)16(19)17(20)21-2/h3-9,16,19H,10H2,1-2H3/t16-/m0/s1. The van der Waals surface area contributed by atoms with Crippen LogP contribution in [0.5, 0.6) is 5.75 Å².